The normalized spacial score (nSPS) is 11.8. The maximum absolute atomic E-state index is 12.8. The number of hydrogen-bond donors (Lipinski definition) is 1. The standard InChI is InChI=1S/C23H23Cl2NO6S/c1-30-20-6-3-14(9-22(20)31-2)21(11-17-18(24)12-26(29)13-19(17)25)32-23(28)10-16-5-4-15(33-16)7-8-27/h3-6,9,12-13,21,27H,7-8,10-11H2,1-2H3/t21-/m0/s1. The van der Waals surface area contributed by atoms with Crippen molar-refractivity contribution in [3.8, 4) is 11.5 Å². The first kappa shape index (κ1) is 25.1. The fourth-order valence-corrected chi connectivity index (χ4v) is 4.89. The number of ether oxygens (including phenoxy) is 3. The first-order valence-electron chi connectivity index (χ1n) is 10.0. The van der Waals surface area contributed by atoms with Gasteiger partial charge in [-0.25, -0.2) is 0 Å². The molecule has 7 nitrogen and oxygen atoms in total. The van der Waals surface area contributed by atoms with Crippen LogP contribution in [0.2, 0.25) is 10.0 Å². The zero-order valence-electron chi connectivity index (χ0n) is 18.0. The highest BCUT2D eigenvalue weighted by Crippen LogP contribution is 2.35. The van der Waals surface area contributed by atoms with Crippen LogP contribution in [0.4, 0.5) is 0 Å². The SMILES string of the molecule is COc1ccc([C@H](Cc2c(Cl)c[n+]([O-])cc2Cl)OC(=O)Cc2ccc(CCO)s2)cc1OC. The molecule has 0 unspecified atom stereocenters. The quantitative estimate of drug-likeness (QED) is 0.247. The lowest BCUT2D eigenvalue weighted by atomic mass is 10.0. The van der Waals surface area contributed by atoms with Crippen molar-refractivity contribution < 1.29 is 28.8 Å². The number of nitrogens with zero attached hydrogens (tertiary/aromatic N) is 1. The number of aromatic nitrogens is 1. The van der Waals surface area contributed by atoms with E-state index in [1.54, 1.807) is 18.2 Å². The van der Waals surface area contributed by atoms with Crippen molar-refractivity contribution >= 4 is 40.5 Å². The fourth-order valence-electron chi connectivity index (χ4n) is 3.30. The Labute approximate surface area is 205 Å². The van der Waals surface area contributed by atoms with Crippen molar-refractivity contribution in [3.63, 3.8) is 0 Å². The summed E-state index contributed by atoms with van der Waals surface area (Å²) in [5.41, 5.74) is 1.14. The molecule has 33 heavy (non-hydrogen) atoms. The first-order chi connectivity index (χ1) is 15.8. The maximum atomic E-state index is 12.8. The van der Waals surface area contributed by atoms with Crippen LogP contribution in [0.15, 0.2) is 42.7 Å². The van der Waals surface area contributed by atoms with Gasteiger partial charge in [0.2, 0.25) is 0 Å². The van der Waals surface area contributed by atoms with Gasteiger partial charge in [-0.15, -0.1) is 11.3 Å². The largest absolute Gasteiger partial charge is 0.619 e. The Kier molecular flexibility index (Phi) is 8.80. The molecular formula is C23H23Cl2NO6S. The summed E-state index contributed by atoms with van der Waals surface area (Å²) in [6, 6.07) is 8.94. The van der Waals surface area contributed by atoms with Gasteiger partial charge < -0.3 is 24.5 Å². The lowest BCUT2D eigenvalue weighted by Crippen LogP contribution is -2.25. The van der Waals surface area contributed by atoms with Crippen molar-refractivity contribution in [2.24, 2.45) is 0 Å². The van der Waals surface area contributed by atoms with Crippen LogP contribution in [0.3, 0.4) is 0 Å². The van der Waals surface area contributed by atoms with E-state index in [9.17, 15) is 10.0 Å². The fraction of sp³-hybridized carbons (Fsp3) is 0.304. The molecule has 1 aromatic carbocycles. The number of halogens is 2. The number of carbonyl (C=O) groups excluding carboxylic acids is 1. The maximum Gasteiger partial charge on any atom is 0.311 e. The molecular weight excluding hydrogens is 489 g/mol. The van der Waals surface area contributed by atoms with Crippen molar-refractivity contribution in [2.45, 2.75) is 25.4 Å². The van der Waals surface area contributed by atoms with Crippen LogP contribution in [0, 0.1) is 5.21 Å². The molecule has 3 rings (SSSR count). The summed E-state index contributed by atoms with van der Waals surface area (Å²) in [5, 5.41) is 21.1. The number of thiophene rings is 1. The van der Waals surface area contributed by atoms with E-state index in [0.717, 1.165) is 9.75 Å². The van der Waals surface area contributed by atoms with Gasteiger partial charge in [0.1, 0.15) is 16.1 Å². The third kappa shape index (κ3) is 6.51. The Hall–Kier alpha value is -2.52. The van der Waals surface area contributed by atoms with Crippen molar-refractivity contribution in [1.29, 1.82) is 0 Å². The lowest BCUT2D eigenvalue weighted by molar-refractivity contribution is -0.605. The van der Waals surface area contributed by atoms with Gasteiger partial charge in [-0.05, 0) is 29.8 Å². The number of rotatable bonds is 10. The average Bonchev–Trinajstić information content (AvgIpc) is 3.21. The number of methoxy groups -OCH3 is 2. The van der Waals surface area contributed by atoms with Crippen LogP contribution < -0.4 is 14.2 Å². The van der Waals surface area contributed by atoms with Gasteiger partial charge in [0.05, 0.1) is 20.6 Å². The third-order valence-electron chi connectivity index (χ3n) is 4.89. The van der Waals surface area contributed by atoms with Gasteiger partial charge in [0.15, 0.2) is 23.9 Å². The molecule has 10 heteroatoms. The van der Waals surface area contributed by atoms with E-state index < -0.39 is 12.1 Å². The number of esters is 1. The average molecular weight is 512 g/mol. The molecule has 2 heterocycles. The molecule has 0 fully saturated rings. The van der Waals surface area contributed by atoms with E-state index in [2.05, 4.69) is 0 Å². The Balaban J connectivity index is 1.89. The number of aliphatic hydroxyl groups is 1. The Morgan fingerprint density at radius 2 is 1.76 bits per heavy atom. The smallest absolute Gasteiger partial charge is 0.311 e. The van der Waals surface area contributed by atoms with Crippen LogP contribution >= 0.6 is 34.5 Å². The molecule has 3 aromatic rings. The Bertz CT molecular complexity index is 1100. The van der Waals surface area contributed by atoms with E-state index in [0.29, 0.717) is 33.8 Å². The zero-order valence-corrected chi connectivity index (χ0v) is 20.4. The van der Waals surface area contributed by atoms with E-state index in [1.807, 2.05) is 12.1 Å². The molecule has 0 radical (unpaired) electrons. The van der Waals surface area contributed by atoms with Crippen LogP contribution in [-0.2, 0) is 28.8 Å². The molecule has 176 valence electrons. The second-order valence-electron chi connectivity index (χ2n) is 7.11. The number of aliphatic hydroxyl groups excluding tert-OH is 1. The predicted octanol–water partition coefficient (Wildman–Crippen LogP) is 4.31. The molecule has 0 bridgehead atoms. The molecule has 0 amide bonds. The van der Waals surface area contributed by atoms with Crippen LogP contribution in [0.5, 0.6) is 11.5 Å². The molecule has 0 aliphatic rings. The van der Waals surface area contributed by atoms with Gasteiger partial charge in [-0.2, -0.15) is 4.73 Å². The lowest BCUT2D eigenvalue weighted by Gasteiger charge is -2.21. The van der Waals surface area contributed by atoms with Crippen molar-refractivity contribution in [3.05, 3.63) is 78.9 Å². The van der Waals surface area contributed by atoms with Crippen molar-refractivity contribution in [2.75, 3.05) is 20.8 Å². The summed E-state index contributed by atoms with van der Waals surface area (Å²) in [4.78, 5) is 14.6. The van der Waals surface area contributed by atoms with Gasteiger partial charge in [-0.3, -0.25) is 4.79 Å². The highest BCUT2D eigenvalue weighted by molar-refractivity contribution is 7.12. The van der Waals surface area contributed by atoms with E-state index in [1.165, 1.54) is 38.0 Å². The predicted molar refractivity (Wildman–Crippen MR) is 126 cm³/mol. The van der Waals surface area contributed by atoms with Crippen LogP contribution in [-0.4, -0.2) is 31.9 Å². The van der Waals surface area contributed by atoms with Crippen LogP contribution in [0.1, 0.15) is 27.0 Å². The summed E-state index contributed by atoms with van der Waals surface area (Å²) < 4.78 is 17.0. The van der Waals surface area contributed by atoms with Gasteiger partial charge in [0, 0.05) is 34.8 Å². The molecule has 0 saturated carbocycles. The van der Waals surface area contributed by atoms with Gasteiger partial charge in [0.25, 0.3) is 0 Å². The molecule has 2 aromatic heterocycles. The zero-order chi connectivity index (χ0) is 24.0. The minimum absolute atomic E-state index is 0.0493. The summed E-state index contributed by atoms with van der Waals surface area (Å²) in [5.74, 6) is 0.573. The van der Waals surface area contributed by atoms with Gasteiger partial charge in [-0.1, -0.05) is 29.3 Å². The van der Waals surface area contributed by atoms with E-state index >= 15 is 0 Å². The number of carbonyl (C=O) groups is 1. The minimum Gasteiger partial charge on any atom is -0.619 e. The molecule has 0 saturated heterocycles. The monoisotopic (exact) mass is 511 g/mol. The van der Waals surface area contributed by atoms with Gasteiger partial charge >= 0.3 is 5.97 Å². The molecule has 1 N–H and O–H groups in total. The third-order valence-corrected chi connectivity index (χ3v) is 6.69. The summed E-state index contributed by atoms with van der Waals surface area (Å²) in [6.07, 6.45) is 2.43. The molecule has 0 aliphatic heterocycles. The van der Waals surface area contributed by atoms with E-state index in [-0.39, 0.29) is 29.5 Å². The Morgan fingerprint density at radius 3 is 2.39 bits per heavy atom. The number of benzene rings is 1. The topological polar surface area (TPSA) is 91.9 Å². The number of pyridine rings is 1. The summed E-state index contributed by atoms with van der Waals surface area (Å²) in [6.45, 7) is 0.0493. The Morgan fingerprint density at radius 1 is 1.09 bits per heavy atom. The molecule has 0 spiro atoms. The van der Waals surface area contributed by atoms with Crippen LogP contribution in [0.25, 0.3) is 0 Å². The second kappa shape index (κ2) is 11.6. The summed E-state index contributed by atoms with van der Waals surface area (Å²) >= 11 is 14.0. The molecule has 1 atom stereocenters. The minimum atomic E-state index is -0.744. The van der Waals surface area contributed by atoms with Crippen molar-refractivity contribution in [1.82, 2.24) is 0 Å². The summed E-state index contributed by atoms with van der Waals surface area (Å²) in [7, 11) is 3.05. The van der Waals surface area contributed by atoms with E-state index in [4.69, 9.17) is 42.5 Å². The second-order valence-corrected chi connectivity index (χ2v) is 9.18. The molecule has 0 aliphatic carbocycles. The number of hydrogen-bond acceptors (Lipinski definition) is 7. The first-order valence-corrected chi connectivity index (χ1v) is 11.6. The highest BCUT2D eigenvalue weighted by Gasteiger charge is 2.24. The highest BCUT2D eigenvalue weighted by atomic mass is 35.5.